The smallest absolute Gasteiger partial charge is 0.414 e. The Labute approximate surface area is 97.0 Å². The summed E-state index contributed by atoms with van der Waals surface area (Å²) in [6.07, 6.45) is 0.254. The number of carboxylic acid groups (broad SMARTS) is 1. The van der Waals surface area contributed by atoms with E-state index in [4.69, 9.17) is 9.84 Å². The minimum atomic E-state index is -1.24. The molecule has 1 rings (SSSR count). The average Bonchev–Trinajstić information content (AvgIpc) is 2.15. The van der Waals surface area contributed by atoms with Gasteiger partial charge in [-0.05, 0) is 20.8 Å². The monoisotopic (exact) mass is 240 g/mol. The van der Waals surface area contributed by atoms with Gasteiger partial charge in [0, 0.05) is 0 Å². The maximum absolute atomic E-state index is 11.3. The number of aromatic nitrogens is 3. The molecule has 1 heterocycles. The van der Waals surface area contributed by atoms with Crippen LogP contribution in [0.15, 0.2) is 6.20 Å². The van der Waals surface area contributed by atoms with Gasteiger partial charge in [0.2, 0.25) is 0 Å². The standard InChI is InChI=1S/C9H12N4O4/c1-9(2,3)17-8(16)11-7-10-4-5(6(14)15)12-13-7/h4H,1-3H3,(H,14,15)(H,10,11,13,16). The zero-order chi connectivity index (χ0) is 13.1. The number of nitrogens with one attached hydrogen (secondary N) is 1. The second kappa shape index (κ2) is 4.73. The first kappa shape index (κ1) is 12.8. The van der Waals surface area contributed by atoms with Gasteiger partial charge in [-0.3, -0.25) is 5.32 Å². The first-order valence-corrected chi connectivity index (χ1v) is 4.71. The maximum atomic E-state index is 11.3. The SMILES string of the molecule is CC(C)(C)OC(=O)Nc1ncc(C(=O)O)nn1. The van der Waals surface area contributed by atoms with Crippen molar-refractivity contribution in [2.24, 2.45) is 0 Å². The van der Waals surface area contributed by atoms with Crippen LogP contribution in [0.25, 0.3) is 0 Å². The Balaban J connectivity index is 2.64. The highest BCUT2D eigenvalue weighted by Crippen LogP contribution is 2.08. The third-order valence-electron chi connectivity index (χ3n) is 1.39. The maximum Gasteiger partial charge on any atom is 0.414 e. The van der Waals surface area contributed by atoms with Crippen molar-refractivity contribution in [1.82, 2.24) is 15.2 Å². The van der Waals surface area contributed by atoms with Gasteiger partial charge in [0.25, 0.3) is 5.95 Å². The first-order chi connectivity index (χ1) is 7.78. The van der Waals surface area contributed by atoms with E-state index >= 15 is 0 Å². The first-order valence-electron chi connectivity index (χ1n) is 4.71. The number of aromatic carboxylic acids is 1. The molecule has 0 saturated heterocycles. The van der Waals surface area contributed by atoms with Crippen molar-refractivity contribution in [3.8, 4) is 0 Å². The average molecular weight is 240 g/mol. The third-order valence-corrected chi connectivity index (χ3v) is 1.39. The van der Waals surface area contributed by atoms with Gasteiger partial charge in [0.1, 0.15) is 5.60 Å². The fourth-order valence-corrected chi connectivity index (χ4v) is 0.825. The number of hydrogen-bond donors (Lipinski definition) is 2. The Morgan fingerprint density at radius 3 is 2.41 bits per heavy atom. The summed E-state index contributed by atoms with van der Waals surface area (Å²) in [6.45, 7) is 5.12. The zero-order valence-electron chi connectivity index (χ0n) is 9.59. The molecule has 0 unspecified atom stereocenters. The number of carbonyl (C=O) groups is 2. The number of nitrogens with zero attached hydrogens (tertiary/aromatic N) is 3. The van der Waals surface area contributed by atoms with Crippen molar-refractivity contribution in [3.05, 3.63) is 11.9 Å². The summed E-state index contributed by atoms with van der Waals surface area (Å²) < 4.78 is 4.95. The van der Waals surface area contributed by atoms with E-state index in [9.17, 15) is 9.59 Å². The van der Waals surface area contributed by atoms with Crippen LogP contribution in [-0.4, -0.2) is 38.0 Å². The fourth-order valence-electron chi connectivity index (χ4n) is 0.825. The van der Waals surface area contributed by atoms with Gasteiger partial charge < -0.3 is 9.84 Å². The van der Waals surface area contributed by atoms with Gasteiger partial charge in [0.05, 0.1) is 6.20 Å². The van der Waals surface area contributed by atoms with Gasteiger partial charge >= 0.3 is 12.1 Å². The van der Waals surface area contributed by atoms with Crippen LogP contribution in [0.2, 0.25) is 0 Å². The number of carbonyl (C=O) groups excluding carboxylic acids is 1. The van der Waals surface area contributed by atoms with Crippen LogP contribution in [0.3, 0.4) is 0 Å². The predicted molar refractivity (Wildman–Crippen MR) is 56.6 cm³/mol. The Morgan fingerprint density at radius 2 is 2.00 bits per heavy atom. The van der Waals surface area contributed by atoms with Gasteiger partial charge in [-0.15, -0.1) is 10.2 Å². The van der Waals surface area contributed by atoms with E-state index in [1.54, 1.807) is 20.8 Å². The Bertz CT molecular complexity index is 424. The Morgan fingerprint density at radius 1 is 1.35 bits per heavy atom. The highest BCUT2D eigenvalue weighted by molar-refractivity contribution is 5.85. The molecule has 1 aromatic rings. The molecule has 8 nitrogen and oxygen atoms in total. The number of hydrogen-bond acceptors (Lipinski definition) is 6. The summed E-state index contributed by atoms with van der Waals surface area (Å²) in [7, 11) is 0. The van der Waals surface area contributed by atoms with E-state index in [0.29, 0.717) is 0 Å². The third kappa shape index (κ3) is 4.41. The van der Waals surface area contributed by atoms with E-state index in [2.05, 4.69) is 20.5 Å². The molecular weight excluding hydrogens is 228 g/mol. The van der Waals surface area contributed by atoms with Crippen LogP contribution in [0, 0.1) is 0 Å². The lowest BCUT2D eigenvalue weighted by Gasteiger charge is -2.18. The van der Waals surface area contributed by atoms with Gasteiger partial charge in [0.15, 0.2) is 5.69 Å². The van der Waals surface area contributed by atoms with Gasteiger partial charge in [-0.1, -0.05) is 0 Å². The summed E-state index contributed by atoms with van der Waals surface area (Å²) in [4.78, 5) is 25.4. The van der Waals surface area contributed by atoms with Crippen molar-refractivity contribution in [3.63, 3.8) is 0 Å². The number of carboxylic acids is 1. The predicted octanol–water partition coefficient (Wildman–Crippen LogP) is 0.917. The number of amides is 1. The quantitative estimate of drug-likeness (QED) is 0.789. The summed E-state index contributed by atoms with van der Waals surface area (Å²) in [5.74, 6) is -1.36. The largest absolute Gasteiger partial charge is 0.476 e. The fraction of sp³-hybridized carbons (Fsp3) is 0.444. The molecule has 8 heteroatoms. The van der Waals surface area contributed by atoms with Crippen molar-refractivity contribution >= 4 is 18.0 Å². The van der Waals surface area contributed by atoms with Crippen LogP contribution in [0.5, 0.6) is 0 Å². The van der Waals surface area contributed by atoms with E-state index in [-0.39, 0.29) is 11.6 Å². The number of rotatable bonds is 2. The molecule has 0 aliphatic rings. The van der Waals surface area contributed by atoms with Gasteiger partial charge in [-0.2, -0.15) is 0 Å². The van der Waals surface area contributed by atoms with Crippen LogP contribution >= 0.6 is 0 Å². The molecular formula is C9H12N4O4. The highest BCUT2D eigenvalue weighted by Gasteiger charge is 2.17. The summed E-state index contributed by atoms with van der Waals surface area (Å²) >= 11 is 0. The molecule has 17 heavy (non-hydrogen) atoms. The molecule has 0 aromatic carbocycles. The second-order valence-corrected chi connectivity index (χ2v) is 4.10. The van der Waals surface area contributed by atoms with Gasteiger partial charge in [-0.25, -0.2) is 14.6 Å². The van der Waals surface area contributed by atoms with Crippen molar-refractivity contribution in [1.29, 1.82) is 0 Å². The lowest BCUT2D eigenvalue weighted by atomic mass is 10.2. The van der Waals surface area contributed by atoms with E-state index < -0.39 is 17.7 Å². The molecule has 0 atom stereocenters. The number of ether oxygens (including phenoxy) is 1. The van der Waals surface area contributed by atoms with E-state index in [1.165, 1.54) is 0 Å². The molecule has 92 valence electrons. The van der Waals surface area contributed by atoms with E-state index in [0.717, 1.165) is 6.20 Å². The molecule has 0 aliphatic heterocycles. The molecule has 0 aliphatic carbocycles. The molecule has 0 radical (unpaired) electrons. The lowest BCUT2D eigenvalue weighted by molar-refractivity contribution is 0.0633. The second-order valence-electron chi connectivity index (χ2n) is 4.10. The minimum absolute atomic E-state index is 0.121. The topological polar surface area (TPSA) is 114 Å². The van der Waals surface area contributed by atoms with Crippen LogP contribution < -0.4 is 5.32 Å². The number of anilines is 1. The normalized spacial score (nSPS) is 10.8. The van der Waals surface area contributed by atoms with Crippen LogP contribution in [0.4, 0.5) is 10.7 Å². The molecule has 0 saturated carbocycles. The van der Waals surface area contributed by atoms with Crippen LogP contribution in [-0.2, 0) is 4.74 Å². The lowest BCUT2D eigenvalue weighted by Crippen LogP contribution is -2.28. The summed E-state index contributed by atoms with van der Waals surface area (Å²) in [6, 6.07) is 0. The molecule has 0 bridgehead atoms. The highest BCUT2D eigenvalue weighted by atomic mass is 16.6. The minimum Gasteiger partial charge on any atom is -0.476 e. The Kier molecular flexibility index (Phi) is 3.56. The van der Waals surface area contributed by atoms with Crippen LogP contribution in [0.1, 0.15) is 31.3 Å². The zero-order valence-corrected chi connectivity index (χ0v) is 9.59. The Hall–Kier alpha value is -2.25. The molecule has 2 N–H and O–H groups in total. The van der Waals surface area contributed by atoms with Crippen molar-refractivity contribution in [2.75, 3.05) is 5.32 Å². The molecule has 0 spiro atoms. The summed E-state index contributed by atoms with van der Waals surface area (Å²) in [5, 5.41) is 17.5. The van der Waals surface area contributed by atoms with Crippen molar-refractivity contribution in [2.45, 2.75) is 26.4 Å². The van der Waals surface area contributed by atoms with Crippen molar-refractivity contribution < 1.29 is 19.4 Å². The molecule has 1 aromatic heterocycles. The molecule has 1 amide bonds. The summed E-state index contributed by atoms with van der Waals surface area (Å²) in [5.41, 5.74) is -0.946. The molecule has 0 fully saturated rings. The van der Waals surface area contributed by atoms with E-state index in [1.807, 2.05) is 0 Å².